The van der Waals surface area contributed by atoms with Crippen molar-refractivity contribution in [2.75, 3.05) is 6.61 Å². The summed E-state index contributed by atoms with van der Waals surface area (Å²) in [5, 5.41) is 19.0. The average molecular weight is 267 g/mol. The van der Waals surface area contributed by atoms with Gasteiger partial charge in [0.1, 0.15) is 17.8 Å². The molecule has 2 aliphatic rings. The van der Waals surface area contributed by atoms with Gasteiger partial charge in [0.2, 0.25) is 0 Å². The lowest BCUT2D eigenvalue weighted by molar-refractivity contribution is -0.100. The van der Waals surface area contributed by atoms with E-state index in [1.807, 2.05) is 0 Å². The molecule has 2 heterocycles. The summed E-state index contributed by atoms with van der Waals surface area (Å²) >= 11 is 0. The van der Waals surface area contributed by atoms with E-state index in [0.717, 1.165) is 0 Å². The minimum Gasteiger partial charge on any atom is -0.392 e. The molecule has 102 valence electrons. The number of amidine groups is 1. The summed E-state index contributed by atoms with van der Waals surface area (Å²) in [6.45, 7) is 2.92. The van der Waals surface area contributed by atoms with Crippen LogP contribution in [0, 0.1) is 12.3 Å². The molecule has 4 atom stereocenters. The number of rotatable bonds is 2. The highest BCUT2D eigenvalue weighted by Crippen LogP contribution is 2.36. The number of hydrogen-bond donors (Lipinski definition) is 3. The van der Waals surface area contributed by atoms with Crippen LogP contribution in [0.25, 0.3) is 0 Å². The monoisotopic (exact) mass is 267 g/mol. The van der Waals surface area contributed by atoms with Crippen molar-refractivity contribution < 1.29 is 19.3 Å². The zero-order valence-corrected chi connectivity index (χ0v) is 10.0. The first-order chi connectivity index (χ1) is 8.95. The van der Waals surface area contributed by atoms with Gasteiger partial charge in [0.05, 0.1) is 6.61 Å². The molecular formula is C12H14FN3O3. The Morgan fingerprint density at radius 2 is 2.42 bits per heavy atom. The summed E-state index contributed by atoms with van der Waals surface area (Å²) in [6, 6.07) is 0. The second-order valence-corrected chi connectivity index (χ2v) is 4.27. The lowest BCUT2D eigenvalue weighted by Crippen LogP contribution is -2.44. The number of aliphatic hydroxyl groups excluding tert-OH is 2. The molecule has 6 nitrogen and oxygen atoms in total. The second kappa shape index (κ2) is 4.66. The van der Waals surface area contributed by atoms with E-state index < -0.39 is 30.7 Å². The first-order valence-corrected chi connectivity index (χ1v) is 5.53. The van der Waals surface area contributed by atoms with Gasteiger partial charge in [-0.15, -0.1) is 6.42 Å². The SMILES string of the molecule is C#C[C@]1(CO)O[C@@H](N2C=CC(N)=NC2=C)[C@@H](F)[C@@H]1O. The molecular weight excluding hydrogens is 253 g/mol. The maximum absolute atomic E-state index is 14.1. The molecule has 0 spiro atoms. The van der Waals surface area contributed by atoms with Crippen LogP contribution in [0.5, 0.6) is 0 Å². The maximum atomic E-state index is 14.1. The van der Waals surface area contributed by atoms with Crippen molar-refractivity contribution in [2.24, 2.45) is 10.7 Å². The van der Waals surface area contributed by atoms with Gasteiger partial charge < -0.3 is 25.6 Å². The van der Waals surface area contributed by atoms with Crippen molar-refractivity contribution in [2.45, 2.75) is 24.1 Å². The van der Waals surface area contributed by atoms with Crippen molar-refractivity contribution in [3.8, 4) is 12.3 Å². The summed E-state index contributed by atoms with van der Waals surface area (Å²) in [7, 11) is 0. The van der Waals surface area contributed by atoms with Gasteiger partial charge in [-0.25, -0.2) is 9.38 Å². The molecule has 19 heavy (non-hydrogen) atoms. The lowest BCUT2D eigenvalue weighted by Gasteiger charge is -2.30. The van der Waals surface area contributed by atoms with Crippen LogP contribution in [0.3, 0.4) is 0 Å². The fourth-order valence-corrected chi connectivity index (χ4v) is 1.99. The fraction of sp³-hybridized carbons (Fsp3) is 0.417. The van der Waals surface area contributed by atoms with Crippen LogP contribution in [0.2, 0.25) is 0 Å². The van der Waals surface area contributed by atoms with E-state index in [-0.39, 0.29) is 11.7 Å². The molecule has 0 aromatic rings. The molecule has 0 aromatic carbocycles. The van der Waals surface area contributed by atoms with E-state index in [1.165, 1.54) is 17.2 Å². The average Bonchev–Trinajstić information content (AvgIpc) is 2.64. The Balaban J connectivity index is 2.27. The highest BCUT2D eigenvalue weighted by molar-refractivity contribution is 5.92. The number of aliphatic hydroxyl groups is 2. The van der Waals surface area contributed by atoms with Crippen LogP contribution in [0.4, 0.5) is 4.39 Å². The summed E-state index contributed by atoms with van der Waals surface area (Å²) in [4.78, 5) is 5.13. The third-order valence-electron chi connectivity index (χ3n) is 3.10. The predicted molar refractivity (Wildman–Crippen MR) is 66.2 cm³/mol. The van der Waals surface area contributed by atoms with Crippen molar-refractivity contribution in [1.29, 1.82) is 0 Å². The number of ether oxygens (including phenoxy) is 1. The van der Waals surface area contributed by atoms with Gasteiger partial charge in [-0.05, 0) is 6.08 Å². The van der Waals surface area contributed by atoms with Crippen LogP contribution < -0.4 is 5.73 Å². The number of alkyl halides is 1. The largest absolute Gasteiger partial charge is 0.392 e. The molecule has 1 fully saturated rings. The maximum Gasteiger partial charge on any atom is 0.182 e. The fourth-order valence-electron chi connectivity index (χ4n) is 1.99. The first-order valence-electron chi connectivity index (χ1n) is 5.53. The Morgan fingerprint density at radius 1 is 1.74 bits per heavy atom. The normalized spacial score (nSPS) is 38.2. The van der Waals surface area contributed by atoms with Gasteiger partial charge in [0, 0.05) is 6.20 Å². The van der Waals surface area contributed by atoms with Gasteiger partial charge in [0.25, 0.3) is 0 Å². The van der Waals surface area contributed by atoms with E-state index in [9.17, 15) is 14.6 Å². The molecule has 0 saturated carbocycles. The second-order valence-electron chi connectivity index (χ2n) is 4.27. The standard InChI is InChI=1S/C12H14FN3O3/c1-3-12(6-17)10(18)9(13)11(19-12)16-5-4-8(14)15-7(16)2/h1,4-5,9-11,17-18H,2,6H2,(H2,14,15)/t9-,10-,11+,12+/m0/s1. The number of nitrogens with zero attached hydrogens (tertiary/aromatic N) is 2. The van der Waals surface area contributed by atoms with Crippen LogP contribution in [-0.4, -0.2) is 51.7 Å². The van der Waals surface area contributed by atoms with Gasteiger partial charge in [-0.1, -0.05) is 12.5 Å². The minimum atomic E-state index is -1.82. The van der Waals surface area contributed by atoms with Crippen molar-refractivity contribution in [3.63, 3.8) is 0 Å². The third-order valence-corrected chi connectivity index (χ3v) is 3.10. The summed E-state index contributed by atoms with van der Waals surface area (Å²) in [5.74, 6) is 2.48. The van der Waals surface area contributed by atoms with E-state index in [4.69, 9.17) is 16.9 Å². The van der Waals surface area contributed by atoms with Crippen LogP contribution in [0.15, 0.2) is 29.7 Å². The summed E-state index contributed by atoms with van der Waals surface area (Å²) < 4.78 is 19.4. The highest BCUT2D eigenvalue weighted by atomic mass is 19.1. The number of halogens is 1. The summed E-state index contributed by atoms with van der Waals surface area (Å²) in [6.07, 6.45) is 3.39. The molecule has 0 aromatic heterocycles. The summed E-state index contributed by atoms with van der Waals surface area (Å²) in [5.41, 5.74) is 3.70. The molecule has 4 N–H and O–H groups in total. The van der Waals surface area contributed by atoms with E-state index in [2.05, 4.69) is 17.5 Å². The Hall–Kier alpha value is -1.88. The van der Waals surface area contributed by atoms with E-state index in [0.29, 0.717) is 0 Å². The van der Waals surface area contributed by atoms with Crippen LogP contribution in [-0.2, 0) is 4.74 Å². The Kier molecular flexibility index (Phi) is 3.32. The molecule has 2 rings (SSSR count). The molecule has 2 aliphatic heterocycles. The topological polar surface area (TPSA) is 91.3 Å². The Labute approximate surface area is 109 Å². The third kappa shape index (κ3) is 2.00. The van der Waals surface area contributed by atoms with Gasteiger partial charge in [-0.2, -0.15) is 0 Å². The van der Waals surface area contributed by atoms with Crippen molar-refractivity contribution in [3.05, 3.63) is 24.7 Å². The zero-order chi connectivity index (χ0) is 14.2. The predicted octanol–water partition coefficient (Wildman–Crippen LogP) is -0.936. The minimum absolute atomic E-state index is 0.158. The highest BCUT2D eigenvalue weighted by Gasteiger charge is 2.56. The molecule has 0 aliphatic carbocycles. The molecule has 0 bridgehead atoms. The smallest absolute Gasteiger partial charge is 0.182 e. The van der Waals surface area contributed by atoms with Crippen molar-refractivity contribution in [1.82, 2.24) is 4.90 Å². The molecule has 0 unspecified atom stereocenters. The lowest BCUT2D eigenvalue weighted by atomic mass is 9.98. The van der Waals surface area contributed by atoms with Crippen molar-refractivity contribution >= 4 is 5.84 Å². The molecule has 0 radical (unpaired) electrons. The number of nitrogens with two attached hydrogens (primary N) is 1. The van der Waals surface area contributed by atoms with Gasteiger partial charge >= 0.3 is 0 Å². The van der Waals surface area contributed by atoms with Crippen LogP contribution in [0.1, 0.15) is 0 Å². The van der Waals surface area contributed by atoms with E-state index >= 15 is 0 Å². The quantitative estimate of drug-likeness (QED) is 0.562. The van der Waals surface area contributed by atoms with Gasteiger partial charge in [-0.3, -0.25) is 0 Å². The van der Waals surface area contributed by atoms with Crippen LogP contribution >= 0.6 is 0 Å². The molecule has 0 amide bonds. The molecule has 7 heteroatoms. The Morgan fingerprint density at radius 3 is 2.89 bits per heavy atom. The number of terminal acetylenes is 1. The number of aliphatic imine (C=N–C) groups is 1. The van der Waals surface area contributed by atoms with Gasteiger partial charge in [0.15, 0.2) is 18.0 Å². The zero-order valence-electron chi connectivity index (χ0n) is 10.0. The number of hydrogen-bond acceptors (Lipinski definition) is 6. The first kappa shape index (κ1) is 13.5. The van der Waals surface area contributed by atoms with E-state index in [1.54, 1.807) is 0 Å². The Bertz CT molecular complexity index is 499. The molecule has 1 saturated heterocycles.